The Balaban J connectivity index is 2.27. The summed E-state index contributed by atoms with van der Waals surface area (Å²) in [6, 6.07) is 21.0. The maximum atomic E-state index is 12.3. The Kier molecular flexibility index (Phi) is 14.1. The van der Waals surface area contributed by atoms with E-state index in [4.69, 9.17) is 23.4 Å². The molecule has 0 bridgehead atoms. The summed E-state index contributed by atoms with van der Waals surface area (Å²) in [5.74, 6) is -0.334. The maximum absolute atomic E-state index is 12.3. The molecule has 3 atom stereocenters. The van der Waals surface area contributed by atoms with Crippen LogP contribution in [0.5, 0.6) is 0 Å². The predicted molar refractivity (Wildman–Crippen MR) is 160 cm³/mol. The van der Waals surface area contributed by atoms with Crippen LogP contribution < -0.4 is 10.4 Å². The topological polar surface area (TPSA) is 63.2 Å². The molecule has 0 radical (unpaired) electrons. The highest BCUT2D eigenvalue weighted by Gasteiger charge is 2.50. The standard InChI is InChI=1S/C32H48O6Si/c1-8-9-10-17-22-30(33)36-23-26(2)31(37-25-34-6)29(35-7)24-38-39(32(3,4)5,27-18-13-11-14-19-27)28-20-15-12-16-21-28/h8,11-16,18-21,26,29,31H,1,9-10,17,22-25H2,2-7H3/t26-,29+,31+/m1/s1. The molecule has 2 aromatic carbocycles. The fourth-order valence-electron chi connectivity index (χ4n) is 5.00. The van der Waals surface area contributed by atoms with Crippen LogP contribution in [0.25, 0.3) is 0 Å². The number of esters is 1. The molecular formula is C32H48O6Si. The normalized spacial score (nSPS) is 14.4. The zero-order valence-corrected chi connectivity index (χ0v) is 25.7. The fourth-order valence-corrected chi connectivity index (χ4v) is 9.57. The lowest BCUT2D eigenvalue weighted by Gasteiger charge is -2.44. The van der Waals surface area contributed by atoms with Crippen LogP contribution in [0.4, 0.5) is 0 Å². The van der Waals surface area contributed by atoms with Crippen molar-refractivity contribution in [3.63, 3.8) is 0 Å². The number of ether oxygens (including phenoxy) is 4. The Morgan fingerprint density at radius 1 is 0.949 bits per heavy atom. The van der Waals surface area contributed by atoms with Gasteiger partial charge in [0.05, 0.1) is 19.3 Å². The number of carbonyl (C=O) groups excluding carboxylic acids is 1. The number of unbranched alkanes of at least 4 members (excludes halogenated alkanes) is 2. The molecule has 7 heteroatoms. The zero-order chi connectivity index (χ0) is 28.7. The van der Waals surface area contributed by atoms with Crippen molar-refractivity contribution in [3.05, 3.63) is 73.3 Å². The summed E-state index contributed by atoms with van der Waals surface area (Å²) >= 11 is 0. The van der Waals surface area contributed by atoms with Gasteiger partial charge in [0.25, 0.3) is 8.32 Å². The molecule has 216 valence electrons. The van der Waals surface area contributed by atoms with E-state index >= 15 is 0 Å². The van der Waals surface area contributed by atoms with Gasteiger partial charge in [-0.3, -0.25) is 4.79 Å². The van der Waals surface area contributed by atoms with Crippen LogP contribution in [0.1, 0.15) is 53.4 Å². The maximum Gasteiger partial charge on any atom is 0.305 e. The number of benzene rings is 2. The van der Waals surface area contributed by atoms with E-state index in [1.807, 2.05) is 25.1 Å². The first-order valence-corrected chi connectivity index (χ1v) is 15.8. The molecule has 0 saturated heterocycles. The second kappa shape index (κ2) is 16.7. The minimum absolute atomic E-state index is 0.101. The summed E-state index contributed by atoms with van der Waals surface area (Å²) in [5.41, 5.74) is 0. The van der Waals surface area contributed by atoms with Crippen LogP contribution in [-0.4, -0.2) is 60.7 Å². The number of carbonyl (C=O) groups is 1. The minimum Gasteiger partial charge on any atom is -0.465 e. The van der Waals surface area contributed by atoms with E-state index in [2.05, 4.69) is 75.9 Å². The van der Waals surface area contributed by atoms with E-state index in [1.165, 1.54) is 10.4 Å². The molecule has 0 spiro atoms. The highest BCUT2D eigenvalue weighted by atomic mass is 28.4. The van der Waals surface area contributed by atoms with E-state index in [-0.39, 0.29) is 30.3 Å². The molecule has 2 aromatic rings. The Bertz CT molecular complexity index is 920. The number of hydrogen-bond acceptors (Lipinski definition) is 6. The van der Waals surface area contributed by atoms with Crippen molar-refractivity contribution in [1.82, 2.24) is 0 Å². The molecule has 6 nitrogen and oxygen atoms in total. The quantitative estimate of drug-likeness (QED) is 0.0795. The largest absolute Gasteiger partial charge is 0.465 e. The van der Waals surface area contributed by atoms with Crippen molar-refractivity contribution < 1.29 is 28.2 Å². The van der Waals surface area contributed by atoms with Crippen molar-refractivity contribution in [3.8, 4) is 0 Å². The molecule has 0 amide bonds. The van der Waals surface area contributed by atoms with Crippen molar-refractivity contribution >= 4 is 24.7 Å². The third-order valence-corrected chi connectivity index (χ3v) is 12.0. The van der Waals surface area contributed by atoms with Crippen molar-refractivity contribution in [1.29, 1.82) is 0 Å². The van der Waals surface area contributed by atoms with Crippen LogP contribution >= 0.6 is 0 Å². The Hall–Kier alpha value is -2.29. The number of rotatable bonds is 18. The first-order chi connectivity index (χ1) is 18.7. The van der Waals surface area contributed by atoms with E-state index in [1.54, 1.807) is 14.2 Å². The van der Waals surface area contributed by atoms with Gasteiger partial charge < -0.3 is 23.4 Å². The highest BCUT2D eigenvalue weighted by Crippen LogP contribution is 2.37. The summed E-state index contributed by atoms with van der Waals surface area (Å²) in [6.45, 7) is 13.1. The summed E-state index contributed by atoms with van der Waals surface area (Å²) in [6.07, 6.45) is 4.08. The second-order valence-electron chi connectivity index (χ2n) is 11.0. The summed E-state index contributed by atoms with van der Waals surface area (Å²) in [7, 11) is 0.499. The fraction of sp³-hybridized carbons (Fsp3) is 0.531. The third-order valence-electron chi connectivity index (χ3n) is 7.04. The van der Waals surface area contributed by atoms with Gasteiger partial charge in [-0.2, -0.15) is 0 Å². The van der Waals surface area contributed by atoms with E-state index in [0.29, 0.717) is 13.0 Å². The van der Waals surface area contributed by atoms with Gasteiger partial charge >= 0.3 is 5.97 Å². The van der Waals surface area contributed by atoms with Crippen LogP contribution in [0.15, 0.2) is 73.3 Å². The molecule has 0 aliphatic rings. The van der Waals surface area contributed by atoms with Gasteiger partial charge in [-0.25, -0.2) is 0 Å². The van der Waals surface area contributed by atoms with Crippen LogP contribution in [0.2, 0.25) is 5.04 Å². The minimum atomic E-state index is -2.76. The Labute approximate surface area is 236 Å². The molecule has 39 heavy (non-hydrogen) atoms. The SMILES string of the molecule is C=CCCCCC(=O)OC[C@@H](C)[C@H](OCOC)[C@H](CO[Si](c1ccccc1)(c1ccccc1)C(C)(C)C)OC. The molecule has 0 aliphatic carbocycles. The Morgan fingerprint density at radius 2 is 1.54 bits per heavy atom. The lowest BCUT2D eigenvalue weighted by atomic mass is 10.0. The van der Waals surface area contributed by atoms with E-state index < -0.39 is 20.5 Å². The van der Waals surface area contributed by atoms with Gasteiger partial charge in [0.15, 0.2) is 0 Å². The molecule has 2 rings (SSSR count). The molecule has 0 unspecified atom stereocenters. The lowest BCUT2D eigenvalue weighted by Crippen LogP contribution is -2.67. The summed E-state index contributed by atoms with van der Waals surface area (Å²) in [5, 5.41) is 2.24. The highest BCUT2D eigenvalue weighted by molar-refractivity contribution is 6.99. The van der Waals surface area contributed by atoms with Gasteiger partial charge in [-0.15, -0.1) is 6.58 Å². The molecule has 0 aliphatic heterocycles. The van der Waals surface area contributed by atoms with Gasteiger partial charge in [0.1, 0.15) is 12.9 Å². The van der Waals surface area contributed by atoms with Crippen LogP contribution in [-0.2, 0) is 28.2 Å². The smallest absolute Gasteiger partial charge is 0.305 e. The Morgan fingerprint density at radius 3 is 2.03 bits per heavy atom. The number of methoxy groups -OCH3 is 2. The molecule has 0 fully saturated rings. The first kappa shape index (κ1) is 32.9. The van der Waals surface area contributed by atoms with Crippen molar-refractivity contribution in [2.45, 2.75) is 70.6 Å². The van der Waals surface area contributed by atoms with Crippen molar-refractivity contribution in [2.24, 2.45) is 5.92 Å². The van der Waals surface area contributed by atoms with E-state index in [0.717, 1.165) is 19.3 Å². The number of allylic oxidation sites excluding steroid dienone is 1. The average molecular weight is 557 g/mol. The molecule has 0 heterocycles. The van der Waals surface area contributed by atoms with Gasteiger partial charge in [-0.05, 0) is 34.7 Å². The molecule has 0 N–H and O–H groups in total. The van der Waals surface area contributed by atoms with Crippen LogP contribution in [0, 0.1) is 5.92 Å². The third kappa shape index (κ3) is 9.40. The van der Waals surface area contributed by atoms with Crippen LogP contribution in [0.3, 0.4) is 0 Å². The van der Waals surface area contributed by atoms with E-state index in [9.17, 15) is 4.79 Å². The van der Waals surface area contributed by atoms with Gasteiger partial charge in [-0.1, -0.05) is 94.4 Å². The van der Waals surface area contributed by atoms with Gasteiger partial charge in [0, 0.05) is 26.6 Å². The monoisotopic (exact) mass is 556 g/mol. The lowest BCUT2D eigenvalue weighted by molar-refractivity contribution is -0.162. The summed E-state index contributed by atoms with van der Waals surface area (Å²) in [4.78, 5) is 12.3. The predicted octanol–water partition coefficient (Wildman–Crippen LogP) is 5.49. The van der Waals surface area contributed by atoms with Gasteiger partial charge in [0.2, 0.25) is 0 Å². The molecule has 0 saturated carbocycles. The first-order valence-electron chi connectivity index (χ1n) is 13.9. The summed E-state index contributed by atoms with van der Waals surface area (Å²) < 4.78 is 30.0. The zero-order valence-electron chi connectivity index (χ0n) is 24.7. The molecular weight excluding hydrogens is 508 g/mol. The number of hydrogen-bond donors (Lipinski definition) is 0. The van der Waals surface area contributed by atoms with Crippen molar-refractivity contribution in [2.75, 3.05) is 34.2 Å². The molecule has 0 aromatic heterocycles. The average Bonchev–Trinajstić information content (AvgIpc) is 2.93. The second-order valence-corrected chi connectivity index (χ2v) is 15.3.